The molecule has 0 aliphatic carbocycles. The van der Waals surface area contributed by atoms with Gasteiger partial charge in [-0.05, 0) is 13.0 Å². The van der Waals surface area contributed by atoms with Gasteiger partial charge in [0.1, 0.15) is 11.8 Å². The molecule has 0 fully saturated rings. The van der Waals surface area contributed by atoms with Crippen molar-refractivity contribution < 1.29 is 52.6 Å². The first-order valence-corrected chi connectivity index (χ1v) is 11.8. The molecule has 0 saturated heterocycles. The fourth-order valence-corrected chi connectivity index (χ4v) is 3.54. The Hall–Kier alpha value is -4.11. The molecule has 15 heteroatoms. The molecule has 2 atom stereocenters. The standard InChI is InChI=1S/C24H34N4O11/c1-9-24(35-7,36-8)39-23(32)38-21(12(2)3)28-26-18(13(4)37-22(30)31)19(27-28)20(29)14-10-16(33-5)17(34-6)11-15(14)25/h10-13,21H,9,25H2,1-8H3,(H,30,31). The van der Waals surface area contributed by atoms with Gasteiger partial charge in [0.15, 0.2) is 17.2 Å². The largest absolute Gasteiger partial charge is 0.514 e. The van der Waals surface area contributed by atoms with Gasteiger partial charge < -0.3 is 44.0 Å². The maximum absolute atomic E-state index is 13.6. The van der Waals surface area contributed by atoms with Crippen molar-refractivity contribution in [3.63, 3.8) is 0 Å². The smallest absolute Gasteiger partial charge is 0.493 e. The molecule has 0 aliphatic heterocycles. The van der Waals surface area contributed by atoms with Gasteiger partial charge in [-0.3, -0.25) is 4.79 Å². The molecule has 15 nitrogen and oxygen atoms in total. The van der Waals surface area contributed by atoms with Gasteiger partial charge in [0, 0.05) is 38.3 Å². The van der Waals surface area contributed by atoms with Crippen molar-refractivity contribution >= 4 is 23.8 Å². The Labute approximate surface area is 225 Å². The number of anilines is 1. The second-order valence-electron chi connectivity index (χ2n) is 8.45. The van der Waals surface area contributed by atoms with E-state index in [2.05, 4.69) is 10.2 Å². The Bertz CT molecular complexity index is 1170. The highest BCUT2D eigenvalue weighted by Crippen LogP contribution is 2.34. The summed E-state index contributed by atoms with van der Waals surface area (Å²) in [6, 6.07) is 2.75. The number of aromatic nitrogens is 3. The molecule has 1 aromatic heterocycles. The molecular weight excluding hydrogens is 520 g/mol. The highest BCUT2D eigenvalue weighted by atomic mass is 16.9. The monoisotopic (exact) mass is 554 g/mol. The van der Waals surface area contributed by atoms with Crippen molar-refractivity contribution in [2.45, 2.75) is 52.4 Å². The third-order valence-corrected chi connectivity index (χ3v) is 5.64. The number of nitrogens with two attached hydrogens (primary N) is 1. The summed E-state index contributed by atoms with van der Waals surface area (Å²) in [5.74, 6) is -2.33. The van der Waals surface area contributed by atoms with Crippen LogP contribution in [0.15, 0.2) is 12.1 Å². The highest BCUT2D eigenvalue weighted by Gasteiger charge is 2.37. The lowest BCUT2D eigenvalue weighted by Gasteiger charge is -2.29. The zero-order valence-electron chi connectivity index (χ0n) is 23.0. The third-order valence-electron chi connectivity index (χ3n) is 5.64. The summed E-state index contributed by atoms with van der Waals surface area (Å²) in [5.41, 5.74) is 5.69. The number of hydrogen-bond donors (Lipinski definition) is 2. The van der Waals surface area contributed by atoms with Crippen molar-refractivity contribution in [2.24, 2.45) is 5.92 Å². The zero-order chi connectivity index (χ0) is 29.5. The fraction of sp³-hybridized carbons (Fsp3) is 0.542. The first kappa shape index (κ1) is 31.1. The number of ether oxygens (including phenoxy) is 7. The minimum atomic E-state index is -1.68. The zero-order valence-corrected chi connectivity index (χ0v) is 23.0. The molecule has 39 heavy (non-hydrogen) atoms. The third kappa shape index (κ3) is 7.06. The number of benzene rings is 1. The van der Waals surface area contributed by atoms with Gasteiger partial charge in [-0.1, -0.05) is 20.8 Å². The number of rotatable bonds is 13. The number of hydrogen-bond acceptors (Lipinski definition) is 13. The van der Waals surface area contributed by atoms with Crippen LogP contribution in [-0.2, 0) is 23.7 Å². The number of carbonyl (C=O) groups is 3. The Morgan fingerprint density at radius 2 is 1.59 bits per heavy atom. The van der Waals surface area contributed by atoms with Crippen LogP contribution in [-0.4, -0.2) is 72.6 Å². The van der Waals surface area contributed by atoms with Gasteiger partial charge in [0.05, 0.1) is 19.8 Å². The van der Waals surface area contributed by atoms with Gasteiger partial charge in [0.2, 0.25) is 12.0 Å². The van der Waals surface area contributed by atoms with E-state index in [-0.39, 0.29) is 34.8 Å². The van der Waals surface area contributed by atoms with Crippen molar-refractivity contribution in [1.29, 1.82) is 0 Å². The lowest BCUT2D eigenvalue weighted by atomic mass is 10.0. The van der Waals surface area contributed by atoms with Crippen molar-refractivity contribution in [1.82, 2.24) is 15.0 Å². The maximum atomic E-state index is 13.6. The van der Waals surface area contributed by atoms with Gasteiger partial charge >= 0.3 is 18.3 Å². The number of nitrogens with zero attached hydrogens (tertiary/aromatic N) is 3. The SMILES string of the molecule is CCC(OC)(OC)OC(=O)OC(C(C)C)n1nc(C(=O)c2cc(OC)c(OC)cc2N)c(C(C)OC(=O)O)n1. The first-order valence-electron chi connectivity index (χ1n) is 11.8. The average Bonchev–Trinajstić information content (AvgIpc) is 3.34. The number of ketones is 1. The second-order valence-corrected chi connectivity index (χ2v) is 8.45. The van der Waals surface area contributed by atoms with E-state index in [1.165, 1.54) is 47.5 Å². The molecule has 2 aromatic rings. The van der Waals surface area contributed by atoms with Crippen LogP contribution in [0.25, 0.3) is 0 Å². The molecule has 0 radical (unpaired) electrons. The van der Waals surface area contributed by atoms with Crippen LogP contribution in [0.4, 0.5) is 15.3 Å². The summed E-state index contributed by atoms with van der Waals surface area (Å²) in [5, 5.41) is 17.6. The Morgan fingerprint density at radius 3 is 2.08 bits per heavy atom. The Kier molecular flexibility index (Phi) is 10.5. The van der Waals surface area contributed by atoms with Crippen LogP contribution >= 0.6 is 0 Å². The molecule has 3 N–H and O–H groups in total. The molecule has 0 saturated carbocycles. The number of methoxy groups -OCH3 is 4. The summed E-state index contributed by atoms with van der Waals surface area (Å²) < 4.78 is 36.3. The lowest BCUT2D eigenvalue weighted by molar-refractivity contribution is -0.343. The normalized spacial score (nSPS) is 12.9. The molecule has 0 spiro atoms. The first-order chi connectivity index (χ1) is 18.4. The van der Waals surface area contributed by atoms with E-state index in [1.807, 2.05) is 0 Å². The predicted molar refractivity (Wildman–Crippen MR) is 133 cm³/mol. The molecule has 1 heterocycles. The maximum Gasteiger partial charge on any atom is 0.514 e. The van der Waals surface area contributed by atoms with Gasteiger partial charge in [-0.15, -0.1) is 15.0 Å². The minimum absolute atomic E-state index is 0.0159. The van der Waals surface area contributed by atoms with Crippen LogP contribution in [0.2, 0.25) is 0 Å². The number of carboxylic acid groups (broad SMARTS) is 1. The predicted octanol–water partition coefficient (Wildman–Crippen LogP) is 3.53. The number of nitrogen functional groups attached to an aromatic ring is 1. The Balaban J connectivity index is 2.57. The highest BCUT2D eigenvalue weighted by molar-refractivity contribution is 6.12. The number of carbonyl (C=O) groups excluding carboxylic acids is 2. The van der Waals surface area contributed by atoms with E-state index in [9.17, 15) is 14.4 Å². The van der Waals surface area contributed by atoms with Gasteiger partial charge in [-0.2, -0.15) is 0 Å². The molecule has 0 aliphatic rings. The summed E-state index contributed by atoms with van der Waals surface area (Å²) in [6.07, 6.45) is -5.03. The summed E-state index contributed by atoms with van der Waals surface area (Å²) >= 11 is 0. The van der Waals surface area contributed by atoms with Crippen LogP contribution in [0.1, 0.15) is 68.2 Å². The summed E-state index contributed by atoms with van der Waals surface area (Å²) in [7, 11) is 5.39. The quantitative estimate of drug-likeness (QED) is 0.158. The van der Waals surface area contributed by atoms with E-state index in [0.29, 0.717) is 5.75 Å². The summed E-state index contributed by atoms with van der Waals surface area (Å²) in [4.78, 5) is 38.4. The van der Waals surface area contributed by atoms with Crippen LogP contribution in [0.5, 0.6) is 11.5 Å². The topological polar surface area (TPSA) is 193 Å². The van der Waals surface area contributed by atoms with Crippen LogP contribution in [0, 0.1) is 5.92 Å². The molecule has 0 bridgehead atoms. The van der Waals surface area contributed by atoms with E-state index >= 15 is 0 Å². The average molecular weight is 555 g/mol. The fourth-order valence-electron chi connectivity index (χ4n) is 3.54. The van der Waals surface area contributed by atoms with E-state index in [0.717, 1.165) is 4.80 Å². The van der Waals surface area contributed by atoms with E-state index < -0.39 is 42.3 Å². The van der Waals surface area contributed by atoms with Crippen molar-refractivity contribution in [3.05, 3.63) is 29.1 Å². The molecule has 2 rings (SSSR count). The van der Waals surface area contributed by atoms with Crippen LogP contribution < -0.4 is 15.2 Å². The minimum Gasteiger partial charge on any atom is -0.493 e. The van der Waals surface area contributed by atoms with Gasteiger partial charge in [-0.25, -0.2) is 9.59 Å². The van der Waals surface area contributed by atoms with Gasteiger partial charge in [0.25, 0.3) is 0 Å². The molecule has 216 valence electrons. The lowest BCUT2D eigenvalue weighted by Crippen LogP contribution is -2.39. The van der Waals surface area contributed by atoms with Crippen molar-refractivity contribution in [3.8, 4) is 11.5 Å². The molecule has 1 aromatic carbocycles. The van der Waals surface area contributed by atoms with E-state index in [4.69, 9.17) is 44.0 Å². The molecule has 0 amide bonds. The molecular formula is C24H34N4O11. The Morgan fingerprint density at radius 1 is 1.00 bits per heavy atom. The van der Waals surface area contributed by atoms with Crippen molar-refractivity contribution in [2.75, 3.05) is 34.2 Å². The van der Waals surface area contributed by atoms with Crippen LogP contribution in [0.3, 0.4) is 0 Å². The summed E-state index contributed by atoms with van der Waals surface area (Å²) in [6.45, 7) is 6.43. The molecule has 2 unspecified atom stereocenters. The second kappa shape index (κ2) is 13.1. The van der Waals surface area contributed by atoms with E-state index in [1.54, 1.807) is 20.8 Å².